The highest BCUT2D eigenvalue weighted by Gasteiger charge is 2.17. The third kappa shape index (κ3) is 4.44. The Kier molecular flexibility index (Phi) is 5.60. The van der Waals surface area contributed by atoms with Crippen molar-refractivity contribution in [1.29, 1.82) is 0 Å². The van der Waals surface area contributed by atoms with Gasteiger partial charge in [-0.25, -0.2) is 4.98 Å². The van der Waals surface area contributed by atoms with Crippen molar-refractivity contribution in [2.75, 3.05) is 38.6 Å². The van der Waals surface area contributed by atoms with Gasteiger partial charge >= 0.3 is 0 Å². The molecule has 0 aromatic carbocycles. The maximum atomic E-state index is 5.38. The zero-order chi connectivity index (χ0) is 13.7. The van der Waals surface area contributed by atoms with Crippen LogP contribution in [0, 0.1) is 6.92 Å². The Morgan fingerprint density at radius 3 is 2.84 bits per heavy atom. The maximum absolute atomic E-state index is 5.38. The van der Waals surface area contributed by atoms with E-state index in [1.54, 1.807) is 0 Å². The van der Waals surface area contributed by atoms with Crippen LogP contribution in [0.5, 0.6) is 0 Å². The van der Waals surface area contributed by atoms with Gasteiger partial charge in [-0.1, -0.05) is 0 Å². The van der Waals surface area contributed by atoms with Gasteiger partial charge in [-0.05, 0) is 47.3 Å². The summed E-state index contributed by atoms with van der Waals surface area (Å²) in [4.78, 5) is 6.83. The largest absolute Gasteiger partial charge is 0.381 e. The van der Waals surface area contributed by atoms with E-state index < -0.39 is 0 Å². The third-order valence-electron chi connectivity index (χ3n) is 3.65. The number of rotatable bonds is 5. The third-order valence-corrected chi connectivity index (χ3v) is 4.48. The van der Waals surface area contributed by atoms with Crippen LogP contribution in [-0.4, -0.2) is 49.3 Å². The molecular weight excluding hydrogens is 306 g/mol. The molecule has 0 aliphatic carbocycles. The van der Waals surface area contributed by atoms with Crippen molar-refractivity contribution in [2.45, 2.75) is 25.9 Å². The summed E-state index contributed by atoms with van der Waals surface area (Å²) in [6, 6.07) is 2.07. The first kappa shape index (κ1) is 14.8. The molecule has 0 atom stereocenters. The zero-order valence-corrected chi connectivity index (χ0v) is 13.2. The second kappa shape index (κ2) is 7.22. The number of halogens is 1. The van der Waals surface area contributed by atoms with E-state index in [9.17, 15) is 0 Å². The molecule has 0 spiro atoms. The minimum absolute atomic E-state index is 0.458. The van der Waals surface area contributed by atoms with Crippen LogP contribution < -0.4 is 5.32 Å². The van der Waals surface area contributed by atoms with E-state index in [-0.39, 0.29) is 0 Å². The molecule has 0 saturated carbocycles. The summed E-state index contributed by atoms with van der Waals surface area (Å²) in [5.41, 5.74) is 1.21. The van der Waals surface area contributed by atoms with Gasteiger partial charge in [0.2, 0.25) is 0 Å². The standard InChI is InChI=1S/C14H22BrN3O/c1-11-9-14(17-10-13(11)15)16-5-8-18-6-3-12(19-2)4-7-18/h9-10,12H,3-8H2,1-2H3,(H,16,17). The number of piperidine rings is 1. The van der Waals surface area contributed by atoms with Gasteiger partial charge in [-0.2, -0.15) is 0 Å². The summed E-state index contributed by atoms with van der Waals surface area (Å²) in [6.07, 6.45) is 4.60. The van der Waals surface area contributed by atoms with Gasteiger partial charge in [0.25, 0.3) is 0 Å². The minimum Gasteiger partial charge on any atom is -0.381 e. The number of pyridine rings is 1. The minimum atomic E-state index is 0.458. The number of likely N-dealkylation sites (tertiary alicyclic amines) is 1. The number of nitrogens with zero attached hydrogens (tertiary/aromatic N) is 2. The van der Waals surface area contributed by atoms with Crippen molar-refractivity contribution in [1.82, 2.24) is 9.88 Å². The molecule has 1 N–H and O–H groups in total. The normalized spacial score (nSPS) is 17.6. The van der Waals surface area contributed by atoms with Crippen molar-refractivity contribution in [3.63, 3.8) is 0 Å². The molecule has 4 nitrogen and oxygen atoms in total. The summed E-state index contributed by atoms with van der Waals surface area (Å²) in [5, 5.41) is 3.38. The van der Waals surface area contributed by atoms with Gasteiger partial charge in [0.05, 0.1) is 6.10 Å². The van der Waals surface area contributed by atoms with Crippen molar-refractivity contribution in [3.8, 4) is 0 Å². The van der Waals surface area contributed by atoms with E-state index in [0.29, 0.717) is 6.10 Å². The average molecular weight is 328 g/mol. The molecule has 0 unspecified atom stereocenters. The highest BCUT2D eigenvalue weighted by molar-refractivity contribution is 9.10. The van der Waals surface area contributed by atoms with Crippen LogP contribution in [0.25, 0.3) is 0 Å². The van der Waals surface area contributed by atoms with E-state index in [0.717, 1.165) is 49.3 Å². The number of anilines is 1. The van der Waals surface area contributed by atoms with E-state index >= 15 is 0 Å². The van der Waals surface area contributed by atoms with Crippen LogP contribution in [0.15, 0.2) is 16.7 Å². The molecule has 1 fully saturated rings. The molecule has 1 aliphatic heterocycles. The topological polar surface area (TPSA) is 37.4 Å². The summed E-state index contributed by atoms with van der Waals surface area (Å²) < 4.78 is 6.44. The Morgan fingerprint density at radius 2 is 2.21 bits per heavy atom. The molecule has 0 bridgehead atoms. The molecular formula is C14H22BrN3O. The van der Waals surface area contributed by atoms with Crippen molar-refractivity contribution >= 4 is 21.7 Å². The number of aromatic nitrogens is 1. The van der Waals surface area contributed by atoms with Gasteiger partial charge in [0.15, 0.2) is 0 Å². The molecule has 1 aromatic heterocycles. The molecule has 2 heterocycles. The second-order valence-corrected chi connectivity index (χ2v) is 5.88. The molecule has 1 aliphatic rings. The molecule has 0 amide bonds. The molecule has 0 radical (unpaired) electrons. The molecule has 19 heavy (non-hydrogen) atoms. The van der Waals surface area contributed by atoms with Crippen LogP contribution in [0.2, 0.25) is 0 Å². The SMILES string of the molecule is COC1CCN(CCNc2cc(C)c(Br)cn2)CC1. The van der Waals surface area contributed by atoms with E-state index in [2.05, 4.69) is 44.1 Å². The first-order valence-corrected chi connectivity index (χ1v) is 7.59. The predicted octanol–water partition coefficient (Wildman–Crippen LogP) is 2.68. The summed E-state index contributed by atoms with van der Waals surface area (Å²) in [6.45, 7) is 6.34. The fourth-order valence-corrected chi connectivity index (χ4v) is 2.56. The van der Waals surface area contributed by atoms with Gasteiger partial charge in [0.1, 0.15) is 5.82 Å². The Balaban J connectivity index is 1.70. The summed E-state index contributed by atoms with van der Waals surface area (Å²) >= 11 is 3.46. The Hall–Kier alpha value is -0.650. The van der Waals surface area contributed by atoms with Crippen LogP contribution in [0.4, 0.5) is 5.82 Å². The lowest BCUT2D eigenvalue weighted by Gasteiger charge is -2.31. The fraction of sp³-hybridized carbons (Fsp3) is 0.643. The van der Waals surface area contributed by atoms with Crippen LogP contribution in [0.1, 0.15) is 18.4 Å². The van der Waals surface area contributed by atoms with Gasteiger partial charge in [0, 0.05) is 44.0 Å². The Labute approximate surface area is 123 Å². The molecule has 1 aromatic rings. The van der Waals surface area contributed by atoms with Crippen LogP contribution in [0.3, 0.4) is 0 Å². The highest BCUT2D eigenvalue weighted by Crippen LogP contribution is 2.17. The molecule has 5 heteroatoms. The lowest BCUT2D eigenvalue weighted by Crippen LogP contribution is -2.39. The number of aryl methyl sites for hydroxylation is 1. The van der Waals surface area contributed by atoms with E-state index in [1.807, 2.05) is 13.3 Å². The number of nitrogens with one attached hydrogen (secondary N) is 1. The quantitative estimate of drug-likeness (QED) is 0.902. The summed E-state index contributed by atoms with van der Waals surface area (Å²) in [5.74, 6) is 0.951. The number of hydrogen-bond donors (Lipinski definition) is 1. The number of hydrogen-bond acceptors (Lipinski definition) is 4. The number of methoxy groups -OCH3 is 1. The van der Waals surface area contributed by atoms with Crippen molar-refractivity contribution in [2.24, 2.45) is 0 Å². The van der Waals surface area contributed by atoms with Gasteiger partial charge < -0.3 is 15.0 Å². The predicted molar refractivity (Wildman–Crippen MR) is 81.6 cm³/mol. The van der Waals surface area contributed by atoms with Crippen molar-refractivity contribution < 1.29 is 4.74 Å². The molecule has 2 rings (SSSR count). The smallest absolute Gasteiger partial charge is 0.126 e. The Bertz CT molecular complexity index is 406. The summed E-state index contributed by atoms with van der Waals surface area (Å²) in [7, 11) is 1.81. The fourth-order valence-electron chi connectivity index (χ4n) is 2.35. The van der Waals surface area contributed by atoms with Gasteiger partial charge in [-0.3, -0.25) is 0 Å². The maximum Gasteiger partial charge on any atom is 0.126 e. The molecule has 106 valence electrons. The Morgan fingerprint density at radius 1 is 1.47 bits per heavy atom. The average Bonchev–Trinajstić information content (AvgIpc) is 2.43. The first-order chi connectivity index (χ1) is 9.19. The first-order valence-electron chi connectivity index (χ1n) is 6.80. The van der Waals surface area contributed by atoms with E-state index in [4.69, 9.17) is 4.74 Å². The zero-order valence-electron chi connectivity index (χ0n) is 11.7. The van der Waals surface area contributed by atoms with Gasteiger partial charge in [-0.15, -0.1) is 0 Å². The number of ether oxygens (including phenoxy) is 1. The van der Waals surface area contributed by atoms with Crippen LogP contribution in [-0.2, 0) is 4.74 Å². The monoisotopic (exact) mass is 327 g/mol. The second-order valence-electron chi connectivity index (χ2n) is 5.02. The lowest BCUT2D eigenvalue weighted by atomic mass is 10.1. The highest BCUT2D eigenvalue weighted by atomic mass is 79.9. The molecule has 1 saturated heterocycles. The van der Waals surface area contributed by atoms with Crippen LogP contribution >= 0.6 is 15.9 Å². The lowest BCUT2D eigenvalue weighted by molar-refractivity contribution is 0.0423. The van der Waals surface area contributed by atoms with Crippen molar-refractivity contribution in [3.05, 3.63) is 22.3 Å². The van der Waals surface area contributed by atoms with E-state index in [1.165, 1.54) is 5.56 Å².